The fourth-order valence-corrected chi connectivity index (χ4v) is 2.08. The Hall–Kier alpha value is -2.11. The molecule has 0 saturated heterocycles. The van der Waals surface area contributed by atoms with Crippen molar-refractivity contribution in [2.45, 2.75) is 26.9 Å². The topological polar surface area (TPSA) is 83.0 Å². The van der Waals surface area contributed by atoms with E-state index in [0.717, 1.165) is 16.6 Å². The van der Waals surface area contributed by atoms with Gasteiger partial charge in [0.25, 0.3) is 0 Å². The predicted octanol–water partition coefficient (Wildman–Crippen LogP) is 2.15. The van der Waals surface area contributed by atoms with Crippen LogP contribution in [0.2, 0.25) is 0 Å². The standard InChI is InChI=1S/C13H18N4O2/c1-13(2,3)11(19-12(14)18)8-5-6-10-9(7-8)15-16-17(10)4/h5-7,11H,1-4H3,(H2,14,18). The van der Waals surface area contributed by atoms with Gasteiger partial charge < -0.3 is 10.5 Å². The van der Waals surface area contributed by atoms with Crippen molar-refractivity contribution in [2.24, 2.45) is 18.2 Å². The van der Waals surface area contributed by atoms with E-state index in [2.05, 4.69) is 10.3 Å². The lowest BCUT2D eigenvalue weighted by molar-refractivity contribution is 0.0360. The summed E-state index contributed by atoms with van der Waals surface area (Å²) < 4.78 is 6.94. The van der Waals surface area contributed by atoms with Crippen LogP contribution in [0.4, 0.5) is 4.79 Å². The highest BCUT2D eigenvalue weighted by atomic mass is 16.6. The molecule has 0 spiro atoms. The SMILES string of the molecule is Cn1nnc2cc(C(OC(N)=O)C(C)(C)C)ccc21. The highest BCUT2D eigenvalue weighted by molar-refractivity contribution is 5.75. The number of carbonyl (C=O) groups is 1. The molecular formula is C13H18N4O2. The van der Waals surface area contributed by atoms with Crippen LogP contribution in [0.5, 0.6) is 0 Å². The summed E-state index contributed by atoms with van der Waals surface area (Å²) in [4.78, 5) is 11.1. The van der Waals surface area contributed by atoms with Crippen LogP contribution in [0.15, 0.2) is 18.2 Å². The molecular weight excluding hydrogens is 244 g/mol. The smallest absolute Gasteiger partial charge is 0.405 e. The third-order valence-electron chi connectivity index (χ3n) is 2.96. The first-order valence-corrected chi connectivity index (χ1v) is 6.04. The van der Waals surface area contributed by atoms with Crippen molar-refractivity contribution < 1.29 is 9.53 Å². The molecule has 0 aliphatic rings. The summed E-state index contributed by atoms with van der Waals surface area (Å²) >= 11 is 0. The minimum Gasteiger partial charge on any atom is -0.441 e. The van der Waals surface area contributed by atoms with Crippen molar-refractivity contribution in [3.05, 3.63) is 23.8 Å². The number of nitrogens with zero attached hydrogens (tertiary/aromatic N) is 3. The van der Waals surface area contributed by atoms with Crippen LogP contribution in [0.25, 0.3) is 11.0 Å². The molecule has 102 valence electrons. The molecule has 1 heterocycles. The zero-order chi connectivity index (χ0) is 14.2. The largest absolute Gasteiger partial charge is 0.441 e. The van der Waals surface area contributed by atoms with Crippen LogP contribution in [-0.2, 0) is 11.8 Å². The average molecular weight is 262 g/mol. The number of aryl methyl sites for hydroxylation is 1. The number of hydrogen-bond donors (Lipinski definition) is 1. The van der Waals surface area contributed by atoms with Gasteiger partial charge in [0.05, 0.1) is 5.52 Å². The van der Waals surface area contributed by atoms with E-state index in [1.807, 2.05) is 46.0 Å². The summed E-state index contributed by atoms with van der Waals surface area (Å²) in [6, 6.07) is 5.69. The molecule has 1 unspecified atom stereocenters. The maximum atomic E-state index is 11.1. The monoisotopic (exact) mass is 262 g/mol. The van der Waals surface area contributed by atoms with Crippen molar-refractivity contribution >= 4 is 17.1 Å². The summed E-state index contributed by atoms with van der Waals surface area (Å²) in [7, 11) is 1.83. The molecule has 0 aliphatic carbocycles. The first-order valence-electron chi connectivity index (χ1n) is 6.04. The number of amides is 1. The summed E-state index contributed by atoms with van der Waals surface area (Å²) in [6.45, 7) is 5.96. The number of rotatable bonds is 2. The van der Waals surface area contributed by atoms with Gasteiger partial charge in [-0.2, -0.15) is 0 Å². The first-order chi connectivity index (χ1) is 8.79. The number of benzene rings is 1. The lowest BCUT2D eigenvalue weighted by atomic mass is 9.84. The normalized spacial score (nSPS) is 13.5. The molecule has 2 aromatic rings. The predicted molar refractivity (Wildman–Crippen MR) is 71.4 cm³/mol. The van der Waals surface area contributed by atoms with E-state index in [9.17, 15) is 4.79 Å². The molecule has 6 nitrogen and oxygen atoms in total. The summed E-state index contributed by atoms with van der Waals surface area (Å²) in [5.74, 6) is 0. The minimum atomic E-state index is -0.779. The number of aromatic nitrogens is 3. The lowest BCUT2D eigenvalue weighted by Crippen LogP contribution is -2.26. The summed E-state index contributed by atoms with van der Waals surface area (Å²) in [6.07, 6.45) is -1.20. The van der Waals surface area contributed by atoms with E-state index >= 15 is 0 Å². The van der Waals surface area contributed by atoms with Crippen molar-refractivity contribution in [3.8, 4) is 0 Å². The van der Waals surface area contributed by atoms with Gasteiger partial charge in [-0.25, -0.2) is 9.48 Å². The van der Waals surface area contributed by atoms with E-state index < -0.39 is 12.2 Å². The second kappa shape index (κ2) is 4.53. The van der Waals surface area contributed by atoms with Crippen LogP contribution in [0.3, 0.4) is 0 Å². The maximum absolute atomic E-state index is 11.1. The first kappa shape index (κ1) is 13.3. The highest BCUT2D eigenvalue weighted by Gasteiger charge is 2.29. The van der Waals surface area contributed by atoms with Gasteiger partial charge in [0.2, 0.25) is 0 Å². The van der Waals surface area contributed by atoms with Gasteiger partial charge in [-0.1, -0.05) is 32.1 Å². The number of fused-ring (bicyclic) bond motifs is 1. The van der Waals surface area contributed by atoms with Crippen LogP contribution in [0.1, 0.15) is 32.4 Å². The van der Waals surface area contributed by atoms with Crippen LogP contribution < -0.4 is 5.73 Å². The van der Waals surface area contributed by atoms with E-state index in [1.54, 1.807) is 4.68 Å². The molecule has 0 aliphatic heterocycles. The average Bonchev–Trinajstić information content (AvgIpc) is 2.66. The van der Waals surface area contributed by atoms with Crippen molar-refractivity contribution in [1.29, 1.82) is 0 Å². The molecule has 0 fully saturated rings. The Morgan fingerprint density at radius 3 is 2.68 bits per heavy atom. The van der Waals surface area contributed by atoms with Gasteiger partial charge in [0, 0.05) is 12.5 Å². The second-order valence-electron chi connectivity index (χ2n) is 5.64. The molecule has 1 atom stereocenters. The Morgan fingerprint density at radius 1 is 1.42 bits per heavy atom. The molecule has 1 aromatic carbocycles. The van der Waals surface area contributed by atoms with E-state index in [0.29, 0.717) is 0 Å². The fourth-order valence-electron chi connectivity index (χ4n) is 2.08. The summed E-state index contributed by atoms with van der Waals surface area (Å²) in [5, 5.41) is 8.02. The molecule has 0 bridgehead atoms. The van der Waals surface area contributed by atoms with Gasteiger partial charge in [0.1, 0.15) is 11.6 Å². The molecule has 1 amide bonds. The molecule has 0 radical (unpaired) electrons. The van der Waals surface area contributed by atoms with Crippen LogP contribution >= 0.6 is 0 Å². The number of primary amides is 1. The maximum Gasteiger partial charge on any atom is 0.405 e. The van der Waals surface area contributed by atoms with Crippen molar-refractivity contribution in [1.82, 2.24) is 15.0 Å². The van der Waals surface area contributed by atoms with Crippen LogP contribution in [0, 0.1) is 5.41 Å². The molecule has 2 N–H and O–H groups in total. The molecule has 2 rings (SSSR count). The Bertz CT molecular complexity index is 613. The molecule has 6 heteroatoms. The van der Waals surface area contributed by atoms with Crippen LogP contribution in [-0.4, -0.2) is 21.1 Å². The summed E-state index contributed by atoms with van der Waals surface area (Å²) in [5.41, 5.74) is 7.44. The van der Waals surface area contributed by atoms with Gasteiger partial charge in [-0.15, -0.1) is 5.10 Å². The second-order valence-corrected chi connectivity index (χ2v) is 5.64. The highest BCUT2D eigenvalue weighted by Crippen LogP contribution is 2.36. The number of nitrogens with two attached hydrogens (primary N) is 1. The Morgan fingerprint density at radius 2 is 2.11 bits per heavy atom. The Labute approximate surface area is 111 Å². The zero-order valence-electron chi connectivity index (χ0n) is 11.5. The number of carbonyl (C=O) groups excluding carboxylic acids is 1. The third-order valence-corrected chi connectivity index (χ3v) is 2.96. The Kier molecular flexibility index (Phi) is 3.18. The lowest BCUT2D eigenvalue weighted by Gasteiger charge is -2.29. The van der Waals surface area contributed by atoms with Crippen molar-refractivity contribution in [3.63, 3.8) is 0 Å². The molecule has 0 saturated carbocycles. The number of ether oxygens (including phenoxy) is 1. The Balaban J connectivity index is 2.46. The van der Waals surface area contributed by atoms with E-state index in [4.69, 9.17) is 10.5 Å². The van der Waals surface area contributed by atoms with E-state index in [1.165, 1.54) is 0 Å². The minimum absolute atomic E-state index is 0.259. The van der Waals surface area contributed by atoms with Gasteiger partial charge >= 0.3 is 6.09 Å². The van der Waals surface area contributed by atoms with Gasteiger partial charge in [-0.05, 0) is 17.7 Å². The molecule has 19 heavy (non-hydrogen) atoms. The number of hydrogen-bond acceptors (Lipinski definition) is 4. The quantitative estimate of drug-likeness (QED) is 0.898. The van der Waals surface area contributed by atoms with Crippen molar-refractivity contribution in [2.75, 3.05) is 0 Å². The third kappa shape index (κ3) is 2.67. The molecule has 1 aromatic heterocycles. The zero-order valence-corrected chi connectivity index (χ0v) is 11.5. The van der Waals surface area contributed by atoms with Gasteiger partial charge in [-0.3, -0.25) is 0 Å². The van der Waals surface area contributed by atoms with E-state index in [-0.39, 0.29) is 5.41 Å². The fraction of sp³-hybridized carbons (Fsp3) is 0.462. The van der Waals surface area contributed by atoms with Gasteiger partial charge in [0.15, 0.2) is 0 Å².